The van der Waals surface area contributed by atoms with E-state index in [0.29, 0.717) is 29.7 Å². The van der Waals surface area contributed by atoms with Gasteiger partial charge in [0.1, 0.15) is 5.69 Å². The van der Waals surface area contributed by atoms with E-state index < -0.39 is 0 Å². The number of fused-ring (bicyclic) bond motifs is 1. The minimum atomic E-state index is -0.346. The summed E-state index contributed by atoms with van der Waals surface area (Å²) < 4.78 is 5.30. The van der Waals surface area contributed by atoms with Gasteiger partial charge in [-0.1, -0.05) is 55.8 Å². The van der Waals surface area contributed by atoms with Crippen LogP contribution in [0.3, 0.4) is 0 Å². The predicted octanol–water partition coefficient (Wildman–Crippen LogP) is 6.27. The Kier molecular flexibility index (Phi) is 6.62. The number of aromatic nitrogens is 1. The SMILES string of the molecule is CCOC(=O)c1[nH]c2c(c1CCC1CCCCC1)C(=O)C[C@H](c1ccc(Cl)cc1)C2. The van der Waals surface area contributed by atoms with Crippen LogP contribution in [0.2, 0.25) is 5.02 Å². The molecule has 4 rings (SSSR count). The molecular weight excluding hydrogens is 398 g/mol. The van der Waals surface area contributed by atoms with Crippen molar-refractivity contribution < 1.29 is 14.3 Å². The Morgan fingerprint density at radius 1 is 1.13 bits per heavy atom. The molecule has 1 fully saturated rings. The lowest BCUT2D eigenvalue weighted by Gasteiger charge is -2.23. The van der Waals surface area contributed by atoms with Crippen LogP contribution in [0.15, 0.2) is 24.3 Å². The van der Waals surface area contributed by atoms with E-state index >= 15 is 0 Å². The highest BCUT2D eigenvalue weighted by Gasteiger charge is 2.33. The van der Waals surface area contributed by atoms with Gasteiger partial charge in [-0.25, -0.2) is 4.79 Å². The van der Waals surface area contributed by atoms with E-state index in [2.05, 4.69) is 4.98 Å². The number of carbonyl (C=O) groups is 2. The van der Waals surface area contributed by atoms with Crippen LogP contribution in [-0.4, -0.2) is 23.3 Å². The van der Waals surface area contributed by atoms with Gasteiger partial charge in [0.05, 0.1) is 6.61 Å². The molecule has 0 bridgehead atoms. The van der Waals surface area contributed by atoms with Crippen molar-refractivity contribution in [1.29, 1.82) is 0 Å². The molecule has 0 radical (unpaired) electrons. The van der Waals surface area contributed by atoms with Crippen molar-refractivity contribution in [1.82, 2.24) is 4.98 Å². The number of H-pyrrole nitrogens is 1. The number of hydrogen-bond acceptors (Lipinski definition) is 3. The highest BCUT2D eigenvalue weighted by molar-refractivity contribution is 6.30. The maximum absolute atomic E-state index is 13.2. The average Bonchev–Trinajstić information content (AvgIpc) is 3.13. The molecule has 30 heavy (non-hydrogen) atoms. The van der Waals surface area contributed by atoms with Gasteiger partial charge < -0.3 is 9.72 Å². The fourth-order valence-corrected chi connectivity index (χ4v) is 5.28. The van der Waals surface area contributed by atoms with Crippen molar-refractivity contribution in [3.63, 3.8) is 0 Å². The van der Waals surface area contributed by atoms with Gasteiger partial charge in [0.2, 0.25) is 0 Å². The molecule has 1 heterocycles. The molecule has 5 heteroatoms. The maximum atomic E-state index is 13.2. The van der Waals surface area contributed by atoms with Crippen molar-refractivity contribution in [2.45, 2.75) is 70.6 Å². The van der Waals surface area contributed by atoms with Crippen LogP contribution in [0.5, 0.6) is 0 Å². The number of nitrogens with one attached hydrogen (secondary N) is 1. The monoisotopic (exact) mass is 427 g/mol. The summed E-state index contributed by atoms with van der Waals surface area (Å²) in [5, 5.41) is 0.691. The number of benzene rings is 1. The first-order valence-electron chi connectivity index (χ1n) is 11.3. The topological polar surface area (TPSA) is 59.2 Å². The van der Waals surface area contributed by atoms with Crippen LogP contribution in [-0.2, 0) is 17.6 Å². The number of ketones is 1. The van der Waals surface area contributed by atoms with E-state index in [-0.39, 0.29) is 17.7 Å². The summed E-state index contributed by atoms with van der Waals surface area (Å²) in [5.74, 6) is 0.574. The van der Waals surface area contributed by atoms with Gasteiger partial charge in [0.15, 0.2) is 5.78 Å². The molecule has 0 amide bonds. The predicted molar refractivity (Wildman–Crippen MR) is 118 cm³/mol. The summed E-state index contributed by atoms with van der Waals surface area (Å²) >= 11 is 6.02. The largest absolute Gasteiger partial charge is 0.461 e. The van der Waals surface area contributed by atoms with E-state index in [1.165, 1.54) is 32.1 Å². The second-order valence-electron chi connectivity index (χ2n) is 8.68. The lowest BCUT2D eigenvalue weighted by atomic mass is 9.80. The summed E-state index contributed by atoms with van der Waals surface area (Å²) in [4.78, 5) is 29.1. The second kappa shape index (κ2) is 9.38. The molecule has 1 aromatic heterocycles. The van der Waals surface area contributed by atoms with E-state index in [0.717, 1.165) is 41.6 Å². The summed E-state index contributed by atoms with van der Waals surface area (Å²) in [6.45, 7) is 2.14. The summed E-state index contributed by atoms with van der Waals surface area (Å²) in [7, 11) is 0. The zero-order valence-electron chi connectivity index (χ0n) is 17.6. The molecule has 2 aliphatic carbocycles. The van der Waals surface area contributed by atoms with E-state index in [1.807, 2.05) is 31.2 Å². The first-order valence-corrected chi connectivity index (χ1v) is 11.6. The maximum Gasteiger partial charge on any atom is 0.355 e. The van der Waals surface area contributed by atoms with Crippen LogP contribution in [0.25, 0.3) is 0 Å². The Balaban J connectivity index is 1.62. The van der Waals surface area contributed by atoms with E-state index in [4.69, 9.17) is 16.3 Å². The third kappa shape index (κ3) is 4.49. The van der Waals surface area contributed by atoms with Crippen LogP contribution < -0.4 is 0 Å². The van der Waals surface area contributed by atoms with Gasteiger partial charge in [-0.3, -0.25) is 4.79 Å². The number of esters is 1. The number of rotatable bonds is 6. The number of carbonyl (C=O) groups excluding carboxylic acids is 2. The molecule has 1 N–H and O–H groups in total. The fraction of sp³-hybridized carbons (Fsp3) is 0.520. The Hall–Kier alpha value is -2.07. The molecule has 0 saturated heterocycles. The summed E-state index contributed by atoms with van der Waals surface area (Å²) in [6.07, 6.45) is 9.41. The van der Waals surface area contributed by atoms with Crippen molar-refractivity contribution in [3.05, 3.63) is 57.4 Å². The van der Waals surface area contributed by atoms with Gasteiger partial charge in [0, 0.05) is 22.7 Å². The van der Waals surface area contributed by atoms with Crippen molar-refractivity contribution in [2.75, 3.05) is 6.61 Å². The molecule has 1 saturated carbocycles. The molecule has 1 atom stereocenters. The zero-order valence-corrected chi connectivity index (χ0v) is 18.4. The highest BCUT2D eigenvalue weighted by atomic mass is 35.5. The number of hydrogen-bond donors (Lipinski definition) is 1. The highest BCUT2D eigenvalue weighted by Crippen LogP contribution is 2.37. The number of Topliss-reactive ketones (excluding diaryl/α,β-unsaturated/α-hetero) is 1. The van der Waals surface area contributed by atoms with Crippen LogP contribution in [0.4, 0.5) is 0 Å². The quantitative estimate of drug-likeness (QED) is 0.552. The first kappa shape index (κ1) is 21.2. The van der Waals surface area contributed by atoms with Gasteiger partial charge in [-0.15, -0.1) is 0 Å². The third-order valence-corrected chi connectivity index (χ3v) is 6.94. The molecule has 1 aromatic carbocycles. The smallest absolute Gasteiger partial charge is 0.355 e. The fourth-order valence-electron chi connectivity index (χ4n) is 5.15. The molecule has 160 valence electrons. The van der Waals surface area contributed by atoms with Gasteiger partial charge in [0.25, 0.3) is 0 Å². The van der Waals surface area contributed by atoms with Gasteiger partial charge >= 0.3 is 5.97 Å². The number of aromatic amines is 1. The molecule has 0 unspecified atom stereocenters. The normalized spacial score (nSPS) is 19.5. The van der Waals surface area contributed by atoms with Crippen LogP contribution >= 0.6 is 11.6 Å². The Morgan fingerprint density at radius 3 is 2.57 bits per heavy atom. The molecule has 0 spiro atoms. The Morgan fingerprint density at radius 2 is 1.87 bits per heavy atom. The average molecular weight is 428 g/mol. The van der Waals surface area contributed by atoms with Crippen molar-refractivity contribution in [2.24, 2.45) is 5.92 Å². The number of halogens is 1. The van der Waals surface area contributed by atoms with Crippen molar-refractivity contribution in [3.8, 4) is 0 Å². The number of ether oxygens (including phenoxy) is 1. The minimum absolute atomic E-state index is 0.0992. The Labute approximate surface area is 183 Å². The molecule has 2 aliphatic rings. The minimum Gasteiger partial charge on any atom is -0.461 e. The van der Waals surface area contributed by atoms with Crippen molar-refractivity contribution >= 4 is 23.4 Å². The van der Waals surface area contributed by atoms with Crippen LogP contribution in [0.1, 0.15) is 95.5 Å². The molecule has 2 aromatic rings. The summed E-state index contributed by atoms with van der Waals surface area (Å²) in [6, 6.07) is 7.71. The molecule has 0 aliphatic heterocycles. The zero-order chi connectivity index (χ0) is 21.1. The third-order valence-electron chi connectivity index (χ3n) is 6.69. The second-order valence-corrected chi connectivity index (χ2v) is 9.11. The molecule has 4 nitrogen and oxygen atoms in total. The van der Waals surface area contributed by atoms with Gasteiger partial charge in [-0.05, 0) is 61.3 Å². The summed E-state index contributed by atoms with van der Waals surface area (Å²) in [5.41, 5.74) is 4.11. The molecular formula is C25H30ClNO3. The first-order chi connectivity index (χ1) is 14.6. The van der Waals surface area contributed by atoms with E-state index in [1.54, 1.807) is 0 Å². The van der Waals surface area contributed by atoms with Crippen LogP contribution in [0, 0.1) is 5.92 Å². The van der Waals surface area contributed by atoms with E-state index in [9.17, 15) is 9.59 Å². The Bertz CT molecular complexity index is 909. The lowest BCUT2D eigenvalue weighted by Crippen LogP contribution is -2.19. The lowest BCUT2D eigenvalue weighted by molar-refractivity contribution is 0.0518. The van der Waals surface area contributed by atoms with Gasteiger partial charge in [-0.2, -0.15) is 0 Å². The standard InChI is InChI=1S/C25H30ClNO3/c1-2-30-25(29)24-20(13-8-16-6-4-3-5-7-16)23-21(27-24)14-18(15-22(23)28)17-9-11-19(26)12-10-17/h9-12,16,18,27H,2-8,13-15H2,1H3/t18-/m1/s1.